The molecule has 108 valence electrons. The predicted molar refractivity (Wildman–Crippen MR) is 88.3 cm³/mol. The summed E-state index contributed by atoms with van der Waals surface area (Å²) in [7, 11) is 0. The number of pyridine rings is 1. The Morgan fingerprint density at radius 3 is 2.71 bits per heavy atom. The fourth-order valence-electron chi connectivity index (χ4n) is 2.36. The van der Waals surface area contributed by atoms with Crippen molar-refractivity contribution in [2.45, 2.75) is 32.6 Å². The van der Waals surface area contributed by atoms with Gasteiger partial charge in [-0.1, -0.05) is 19.8 Å². The van der Waals surface area contributed by atoms with Crippen molar-refractivity contribution in [1.82, 2.24) is 15.0 Å². The van der Waals surface area contributed by atoms with E-state index in [4.69, 9.17) is 10.7 Å². The van der Waals surface area contributed by atoms with Gasteiger partial charge >= 0.3 is 0 Å². The van der Waals surface area contributed by atoms with Crippen molar-refractivity contribution in [3.63, 3.8) is 0 Å². The summed E-state index contributed by atoms with van der Waals surface area (Å²) in [6.45, 7) is 2.21. The van der Waals surface area contributed by atoms with Crippen molar-refractivity contribution in [1.29, 1.82) is 0 Å². The van der Waals surface area contributed by atoms with Crippen LogP contribution in [0.15, 0.2) is 30.9 Å². The summed E-state index contributed by atoms with van der Waals surface area (Å²) in [5.41, 5.74) is 8.98. The summed E-state index contributed by atoms with van der Waals surface area (Å²) in [5.74, 6) is 0. The van der Waals surface area contributed by atoms with E-state index in [0.717, 1.165) is 33.6 Å². The molecule has 3 aromatic rings. The van der Waals surface area contributed by atoms with Gasteiger partial charge < -0.3 is 5.73 Å². The van der Waals surface area contributed by atoms with Crippen molar-refractivity contribution in [2.75, 3.05) is 5.73 Å². The number of nitrogen functional groups attached to an aromatic ring is 1. The molecule has 3 aromatic heterocycles. The fourth-order valence-corrected chi connectivity index (χ4v) is 3.49. The van der Waals surface area contributed by atoms with Gasteiger partial charge in [0, 0.05) is 28.2 Å². The highest BCUT2D eigenvalue weighted by atomic mass is 32.1. The molecule has 3 heterocycles. The molecular weight excluding hydrogens is 280 g/mol. The largest absolute Gasteiger partial charge is 0.397 e. The second-order valence-electron chi connectivity index (χ2n) is 5.07. The molecule has 0 atom stereocenters. The van der Waals surface area contributed by atoms with E-state index >= 15 is 0 Å². The fraction of sp³-hybridized carbons (Fsp3) is 0.312. The van der Waals surface area contributed by atoms with Gasteiger partial charge in [0.05, 0.1) is 11.4 Å². The van der Waals surface area contributed by atoms with Crippen LogP contribution in [0.2, 0.25) is 0 Å². The maximum absolute atomic E-state index is 6.26. The third-order valence-electron chi connectivity index (χ3n) is 3.53. The average molecular weight is 298 g/mol. The van der Waals surface area contributed by atoms with Crippen LogP contribution in [0.5, 0.6) is 0 Å². The Kier molecular flexibility index (Phi) is 4.10. The van der Waals surface area contributed by atoms with E-state index < -0.39 is 0 Å². The van der Waals surface area contributed by atoms with Gasteiger partial charge in [0.2, 0.25) is 0 Å². The van der Waals surface area contributed by atoms with Crippen LogP contribution >= 0.6 is 11.3 Å². The Morgan fingerprint density at radius 1 is 1.14 bits per heavy atom. The monoisotopic (exact) mass is 298 g/mol. The molecule has 0 fully saturated rings. The van der Waals surface area contributed by atoms with Crippen LogP contribution in [0.3, 0.4) is 0 Å². The lowest BCUT2D eigenvalue weighted by molar-refractivity contribution is 0.723. The molecule has 2 N–H and O–H groups in total. The molecule has 0 aliphatic rings. The lowest BCUT2D eigenvalue weighted by Crippen LogP contribution is -1.90. The number of thiophene rings is 1. The molecule has 0 unspecified atom stereocenters. The van der Waals surface area contributed by atoms with Gasteiger partial charge in [0.25, 0.3) is 0 Å². The molecule has 0 spiro atoms. The predicted octanol–water partition coefficient (Wildman–Crippen LogP) is 4.07. The van der Waals surface area contributed by atoms with Crippen molar-refractivity contribution in [3.8, 4) is 11.3 Å². The summed E-state index contributed by atoms with van der Waals surface area (Å²) in [4.78, 5) is 15.1. The first kappa shape index (κ1) is 13.9. The quantitative estimate of drug-likeness (QED) is 0.721. The van der Waals surface area contributed by atoms with Gasteiger partial charge in [-0.15, -0.1) is 11.3 Å². The molecule has 0 saturated heterocycles. The topological polar surface area (TPSA) is 64.7 Å². The zero-order valence-electron chi connectivity index (χ0n) is 12.0. The maximum Gasteiger partial charge on any atom is 0.126 e. The van der Waals surface area contributed by atoms with Crippen LogP contribution in [0.25, 0.3) is 21.5 Å². The second kappa shape index (κ2) is 6.18. The second-order valence-corrected chi connectivity index (χ2v) is 6.16. The first-order valence-corrected chi connectivity index (χ1v) is 8.04. The molecule has 0 aliphatic heterocycles. The highest BCUT2D eigenvalue weighted by molar-refractivity contribution is 7.19. The zero-order chi connectivity index (χ0) is 14.7. The van der Waals surface area contributed by atoms with Crippen molar-refractivity contribution in [3.05, 3.63) is 35.7 Å². The minimum absolute atomic E-state index is 0.893. The smallest absolute Gasteiger partial charge is 0.126 e. The minimum atomic E-state index is 0.893. The van der Waals surface area contributed by atoms with E-state index in [2.05, 4.69) is 23.0 Å². The molecular formula is C16H18N4S. The van der Waals surface area contributed by atoms with Crippen molar-refractivity contribution in [2.24, 2.45) is 0 Å². The van der Waals surface area contributed by atoms with Crippen molar-refractivity contribution < 1.29 is 0 Å². The van der Waals surface area contributed by atoms with Crippen molar-refractivity contribution >= 4 is 27.2 Å². The number of nitrogens with zero attached hydrogens (tertiary/aromatic N) is 3. The Morgan fingerprint density at radius 2 is 1.95 bits per heavy atom. The Labute approximate surface area is 128 Å². The lowest BCUT2D eigenvalue weighted by atomic mass is 10.1. The number of aromatic nitrogens is 3. The van der Waals surface area contributed by atoms with E-state index in [-0.39, 0.29) is 0 Å². The Hall–Kier alpha value is -2.01. The number of aryl methyl sites for hydroxylation is 1. The molecule has 4 nitrogen and oxygen atoms in total. The molecule has 0 bridgehead atoms. The van der Waals surface area contributed by atoms with E-state index in [1.807, 2.05) is 6.07 Å². The molecule has 0 radical (unpaired) electrons. The van der Waals surface area contributed by atoms with Crippen LogP contribution in [0.4, 0.5) is 5.69 Å². The van der Waals surface area contributed by atoms with E-state index in [9.17, 15) is 0 Å². The molecule has 0 aliphatic carbocycles. The number of fused-ring (bicyclic) bond motifs is 1. The lowest BCUT2D eigenvalue weighted by Gasteiger charge is -1.99. The van der Waals surface area contributed by atoms with Gasteiger partial charge in [-0.05, 0) is 25.0 Å². The summed E-state index contributed by atoms with van der Waals surface area (Å²) in [6.07, 6.45) is 9.78. The normalized spacial score (nSPS) is 11.1. The van der Waals surface area contributed by atoms with E-state index in [1.165, 1.54) is 30.5 Å². The maximum atomic E-state index is 6.26. The van der Waals surface area contributed by atoms with Gasteiger partial charge in [-0.25, -0.2) is 15.0 Å². The van der Waals surface area contributed by atoms with Gasteiger partial charge in [0.1, 0.15) is 11.2 Å². The van der Waals surface area contributed by atoms with Crippen LogP contribution in [-0.4, -0.2) is 15.0 Å². The summed E-state index contributed by atoms with van der Waals surface area (Å²) >= 11 is 1.71. The summed E-state index contributed by atoms with van der Waals surface area (Å²) in [5, 5.41) is 1.06. The highest BCUT2D eigenvalue weighted by Crippen LogP contribution is 2.34. The molecule has 21 heavy (non-hydrogen) atoms. The number of anilines is 1. The molecule has 0 saturated carbocycles. The first-order valence-electron chi connectivity index (χ1n) is 7.23. The molecule has 0 amide bonds. The highest BCUT2D eigenvalue weighted by Gasteiger charge is 2.11. The summed E-state index contributed by atoms with van der Waals surface area (Å²) in [6, 6.07) is 4.04. The number of hydrogen-bond donors (Lipinski definition) is 1. The number of nitrogens with two attached hydrogens (primary N) is 1. The standard InChI is InChI=1S/C16H18N4S/c1-2-3-4-5-14-15(17)12-6-7-13(20-16(12)21-14)11-8-18-10-19-9-11/h6-10H,2-5,17H2,1H3. The number of unbranched alkanes of at least 4 members (excludes halogenated alkanes) is 2. The van der Waals surface area contributed by atoms with Gasteiger partial charge in [0.15, 0.2) is 0 Å². The van der Waals surface area contributed by atoms with Gasteiger partial charge in [-0.3, -0.25) is 0 Å². The Balaban J connectivity index is 1.95. The number of hydrogen-bond acceptors (Lipinski definition) is 5. The summed E-state index contributed by atoms with van der Waals surface area (Å²) < 4.78 is 0. The van der Waals surface area contributed by atoms with E-state index in [0.29, 0.717) is 0 Å². The average Bonchev–Trinajstić information content (AvgIpc) is 2.84. The molecule has 5 heteroatoms. The number of rotatable bonds is 5. The SMILES string of the molecule is CCCCCc1sc2nc(-c3cncnc3)ccc2c1N. The Bertz CT molecular complexity index is 737. The molecule has 3 rings (SSSR count). The minimum Gasteiger partial charge on any atom is -0.397 e. The third-order valence-corrected chi connectivity index (χ3v) is 4.71. The van der Waals surface area contributed by atoms with Crippen LogP contribution in [0, 0.1) is 0 Å². The van der Waals surface area contributed by atoms with E-state index in [1.54, 1.807) is 23.7 Å². The van der Waals surface area contributed by atoms with Gasteiger partial charge in [-0.2, -0.15) is 0 Å². The van der Waals surface area contributed by atoms with Crippen LogP contribution < -0.4 is 5.73 Å². The first-order chi connectivity index (χ1) is 10.3. The van der Waals surface area contributed by atoms with Crippen LogP contribution in [0.1, 0.15) is 31.1 Å². The third kappa shape index (κ3) is 2.88. The molecule has 0 aromatic carbocycles. The van der Waals surface area contributed by atoms with Crippen LogP contribution in [-0.2, 0) is 6.42 Å². The zero-order valence-corrected chi connectivity index (χ0v) is 12.9.